The lowest BCUT2D eigenvalue weighted by Crippen LogP contribution is -2.19. The fourth-order valence-electron chi connectivity index (χ4n) is 2.89. The van der Waals surface area contributed by atoms with E-state index in [1.165, 1.54) is 11.8 Å². The number of hydrogen-bond donors (Lipinski definition) is 1. The van der Waals surface area contributed by atoms with Crippen molar-refractivity contribution in [2.45, 2.75) is 6.61 Å². The smallest absolute Gasteiger partial charge is 0.264 e. The minimum Gasteiger partial charge on any atom is -0.493 e. The van der Waals surface area contributed by atoms with E-state index in [0.29, 0.717) is 28.2 Å². The number of carbonyl (C=O) groups is 1. The topological polar surface area (TPSA) is 59.9 Å². The second-order valence-electron chi connectivity index (χ2n) is 6.64. The number of methoxy groups -OCH3 is 1. The first-order valence-electron chi connectivity index (χ1n) is 9.50. The van der Waals surface area contributed by atoms with Crippen LogP contribution in [0.4, 0.5) is 5.69 Å². The number of carbonyl (C=O) groups excluding carboxylic acids is 1. The van der Waals surface area contributed by atoms with Crippen molar-refractivity contribution in [2.24, 2.45) is 4.99 Å². The standard InChI is InChI=1S/C24H19BrN2O3S/c1-29-21-13-17(7-12-20(21)30-15-16-5-3-2-4-6-16)14-22-23(28)27-24(31-22)26-19-10-8-18(25)9-11-19/h2-14H,15H2,1H3,(H,26,27,28)/b22-14+. The molecule has 1 N–H and O–H groups in total. The highest BCUT2D eigenvalue weighted by Gasteiger charge is 2.24. The summed E-state index contributed by atoms with van der Waals surface area (Å²) >= 11 is 4.71. The number of halogens is 1. The van der Waals surface area contributed by atoms with Crippen LogP contribution in [0.2, 0.25) is 0 Å². The highest BCUT2D eigenvalue weighted by atomic mass is 79.9. The molecule has 3 aromatic carbocycles. The molecule has 0 unspecified atom stereocenters. The lowest BCUT2D eigenvalue weighted by molar-refractivity contribution is -0.115. The summed E-state index contributed by atoms with van der Waals surface area (Å²) in [5.41, 5.74) is 2.69. The van der Waals surface area contributed by atoms with Gasteiger partial charge in [-0.05, 0) is 65.4 Å². The van der Waals surface area contributed by atoms with Crippen LogP contribution in [-0.2, 0) is 11.4 Å². The Morgan fingerprint density at radius 2 is 1.81 bits per heavy atom. The van der Waals surface area contributed by atoms with E-state index in [0.717, 1.165) is 21.3 Å². The Hall–Kier alpha value is -3.03. The summed E-state index contributed by atoms with van der Waals surface area (Å²) in [6.07, 6.45) is 1.81. The SMILES string of the molecule is COc1cc(/C=C2/SC(=Nc3ccc(Br)cc3)NC2=O)ccc1OCc1ccccc1. The summed E-state index contributed by atoms with van der Waals surface area (Å²) in [7, 11) is 1.60. The van der Waals surface area contributed by atoms with Crippen molar-refractivity contribution < 1.29 is 14.3 Å². The van der Waals surface area contributed by atoms with Gasteiger partial charge < -0.3 is 14.8 Å². The molecule has 4 rings (SSSR count). The quantitative estimate of drug-likeness (QED) is 0.431. The molecule has 5 nitrogen and oxygen atoms in total. The van der Waals surface area contributed by atoms with Crippen LogP contribution in [0.15, 0.2) is 87.2 Å². The largest absolute Gasteiger partial charge is 0.493 e. The van der Waals surface area contributed by atoms with Crippen molar-refractivity contribution in [3.05, 3.63) is 93.3 Å². The van der Waals surface area contributed by atoms with Gasteiger partial charge in [0.2, 0.25) is 0 Å². The van der Waals surface area contributed by atoms with E-state index in [1.807, 2.05) is 78.9 Å². The summed E-state index contributed by atoms with van der Waals surface area (Å²) in [4.78, 5) is 17.4. The Labute approximate surface area is 193 Å². The Balaban J connectivity index is 1.48. The summed E-state index contributed by atoms with van der Waals surface area (Å²) in [5, 5.41) is 3.35. The molecule has 1 saturated heterocycles. The van der Waals surface area contributed by atoms with Crippen molar-refractivity contribution in [3.8, 4) is 11.5 Å². The molecular weight excluding hydrogens is 476 g/mol. The molecule has 31 heavy (non-hydrogen) atoms. The van der Waals surface area contributed by atoms with Gasteiger partial charge in [-0.15, -0.1) is 0 Å². The van der Waals surface area contributed by atoms with Gasteiger partial charge in [0, 0.05) is 4.47 Å². The summed E-state index contributed by atoms with van der Waals surface area (Å²) < 4.78 is 12.4. The molecule has 0 aromatic heterocycles. The fourth-order valence-corrected chi connectivity index (χ4v) is 4.00. The zero-order valence-electron chi connectivity index (χ0n) is 16.7. The molecule has 0 spiro atoms. The number of aliphatic imine (C=N–C) groups is 1. The highest BCUT2D eigenvalue weighted by Crippen LogP contribution is 2.32. The molecule has 1 fully saturated rings. The predicted octanol–water partition coefficient (Wildman–Crippen LogP) is 5.93. The van der Waals surface area contributed by atoms with Gasteiger partial charge in [-0.1, -0.05) is 52.3 Å². The molecule has 0 aliphatic carbocycles. The van der Waals surface area contributed by atoms with Crippen molar-refractivity contribution in [3.63, 3.8) is 0 Å². The minimum atomic E-state index is -0.177. The van der Waals surface area contributed by atoms with E-state index in [-0.39, 0.29) is 5.91 Å². The molecule has 156 valence electrons. The number of amidine groups is 1. The summed E-state index contributed by atoms with van der Waals surface area (Å²) in [6, 6.07) is 23.1. The zero-order valence-corrected chi connectivity index (χ0v) is 19.1. The van der Waals surface area contributed by atoms with E-state index in [4.69, 9.17) is 9.47 Å². The lowest BCUT2D eigenvalue weighted by atomic mass is 10.2. The number of benzene rings is 3. The fraction of sp³-hybridized carbons (Fsp3) is 0.0833. The van der Waals surface area contributed by atoms with Crippen LogP contribution in [0.3, 0.4) is 0 Å². The first-order chi connectivity index (χ1) is 15.1. The maximum Gasteiger partial charge on any atom is 0.264 e. The summed E-state index contributed by atoms with van der Waals surface area (Å²) in [5.74, 6) is 1.08. The van der Waals surface area contributed by atoms with E-state index in [2.05, 4.69) is 26.2 Å². The molecule has 0 bridgehead atoms. The number of nitrogens with zero attached hydrogens (tertiary/aromatic N) is 1. The molecular formula is C24H19BrN2O3S. The normalized spacial score (nSPS) is 15.9. The Kier molecular flexibility index (Phi) is 6.74. The van der Waals surface area contributed by atoms with Crippen LogP contribution in [0, 0.1) is 0 Å². The first-order valence-corrected chi connectivity index (χ1v) is 11.1. The van der Waals surface area contributed by atoms with Gasteiger partial charge in [0.25, 0.3) is 5.91 Å². The van der Waals surface area contributed by atoms with E-state index < -0.39 is 0 Å². The second-order valence-corrected chi connectivity index (χ2v) is 8.59. The highest BCUT2D eigenvalue weighted by molar-refractivity contribution is 9.10. The molecule has 0 atom stereocenters. The number of thioether (sulfide) groups is 1. The van der Waals surface area contributed by atoms with E-state index in [1.54, 1.807) is 7.11 Å². The Bertz CT molecular complexity index is 1150. The van der Waals surface area contributed by atoms with Gasteiger partial charge in [-0.2, -0.15) is 0 Å². The number of rotatable bonds is 6. The molecule has 1 aliphatic heterocycles. The second kappa shape index (κ2) is 9.85. The van der Waals surface area contributed by atoms with Gasteiger partial charge >= 0.3 is 0 Å². The molecule has 1 amide bonds. The van der Waals surface area contributed by atoms with Crippen LogP contribution in [0.5, 0.6) is 11.5 Å². The third kappa shape index (κ3) is 5.57. The predicted molar refractivity (Wildman–Crippen MR) is 129 cm³/mol. The maximum atomic E-state index is 12.4. The molecule has 7 heteroatoms. The molecule has 1 heterocycles. The third-order valence-electron chi connectivity index (χ3n) is 4.43. The van der Waals surface area contributed by atoms with Gasteiger partial charge in [0.15, 0.2) is 16.7 Å². The van der Waals surface area contributed by atoms with Gasteiger partial charge in [-0.3, -0.25) is 4.79 Å². The molecule has 1 aliphatic rings. The van der Waals surface area contributed by atoms with Crippen LogP contribution in [0.25, 0.3) is 6.08 Å². The van der Waals surface area contributed by atoms with Crippen molar-refractivity contribution in [1.82, 2.24) is 5.32 Å². The minimum absolute atomic E-state index is 0.177. The Morgan fingerprint density at radius 3 is 2.55 bits per heavy atom. The first kappa shape index (κ1) is 21.2. The van der Waals surface area contributed by atoms with Crippen LogP contribution in [0.1, 0.15) is 11.1 Å². The van der Waals surface area contributed by atoms with E-state index in [9.17, 15) is 4.79 Å². The Morgan fingerprint density at radius 1 is 1.03 bits per heavy atom. The number of nitrogens with one attached hydrogen (secondary N) is 1. The average Bonchev–Trinajstić information content (AvgIpc) is 3.13. The summed E-state index contributed by atoms with van der Waals surface area (Å²) in [6.45, 7) is 0.450. The van der Waals surface area contributed by atoms with Crippen molar-refractivity contribution in [2.75, 3.05) is 7.11 Å². The van der Waals surface area contributed by atoms with Crippen LogP contribution in [-0.4, -0.2) is 18.2 Å². The average molecular weight is 495 g/mol. The van der Waals surface area contributed by atoms with Crippen LogP contribution >= 0.6 is 27.7 Å². The van der Waals surface area contributed by atoms with Crippen LogP contribution < -0.4 is 14.8 Å². The van der Waals surface area contributed by atoms with Gasteiger partial charge in [-0.25, -0.2) is 4.99 Å². The molecule has 3 aromatic rings. The number of ether oxygens (including phenoxy) is 2. The maximum absolute atomic E-state index is 12.4. The zero-order chi connectivity index (χ0) is 21.6. The third-order valence-corrected chi connectivity index (χ3v) is 5.87. The van der Waals surface area contributed by atoms with Gasteiger partial charge in [0.05, 0.1) is 17.7 Å². The number of hydrogen-bond acceptors (Lipinski definition) is 5. The number of amides is 1. The van der Waals surface area contributed by atoms with Gasteiger partial charge in [0.1, 0.15) is 6.61 Å². The lowest BCUT2D eigenvalue weighted by Gasteiger charge is -2.11. The van der Waals surface area contributed by atoms with Crippen molar-refractivity contribution >= 4 is 50.5 Å². The molecule has 0 saturated carbocycles. The molecule has 0 radical (unpaired) electrons. The monoisotopic (exact) mass is 494 g/mol. The van der Waals surface area contributed by atoms with Crippen molar-refractivity contribution in [1.29, 1.82) is 0 Å². The van der Waals surface area contributed by atoms with E-state index >= 15 is 0 Å².